The summed E-state index contributed by atoms with van der Waals surface area (Å²) in [6.45, 7) is 0. The van der Waals surface area contributed by atoms with E-state index in [0.717, 1.165) is 11.1 Å². The molecule has 0 unspecified atom stereocenters. The smallest absolute Gasteiger partial charge is 0.326 e. The van der Waals surface area contributed by atoms with Gasteiger partial charge >= 0.3 is 5.97 Å². The molecule has 0 aliphatic heterocycles. The van der Waals surface area contributed by atoms with E-state index >= 15 is 0 Å². The van der Waals surface area contributed by atoms with Crippen LogP contribution in [0, 0.1) is 11.3 Å². The minimum Gasteiger partial charge on any atom is -0.480 e. The van der Waals surface area contributed by atoms with Crippen LogP contribution in [-0.2, 0) is 27.2 Å². The van der Waals surface area contributed by atoms with Crippen LogP contribution < -0.4 is 10.6 Å². The molecule has 0 heterocycles. The summed E-state index contributed by atoms with van der Waals surface area (Å²) in [7, 11) is 0. The van der Waals surface area contributed by atoms with Crippen LogP contribution in [0.2, 0.25) is 0 Å². The molecule has 0 aliphatic carbocycles. The second kappa shape index (κ2) is 10.5. The fourth-order valence-corrected chi connectivity index (χ4v) is 2.70. The molecule has 0 saturated carbocycles. The number of amides is 2. The maximum absolute atomic E-state index is 12.7. The molecule has 144 valence electrons. The molecule has 2 atom stereocenters. The number of carboxylic acids is 1. The van der Waals surface area contributed by atoms with Gasteiger partial charge in [0.1, 0.15) is 18.5 Å². The van der Waals surface area contributed by atoms with Crippen molar-refractivity contribution in [3.8, 4) is 6.07 Å². The highest BCUT2D eigenvalue weighted by Crippen LogP contribution is 2.07. The van der Waals surface area contributed by atoms with Crippen LogP contribution in [0.5, 0.6) is 0 Å². The van der Waals surface area contributed by atoms with Gasteiger partial charge in [-0.1, -0.05) is 60.7 Å². The number of rotatable bonds is 9. The molecule has 0 aromatic heterocycles. The van der Waals surface area contributed by atoms with E-state index < -0.39 is 29.9 Å². The number of hydrogen-bond acceptors (Lipinski definition) is 4. The summed E-state index contributed by atoms with van der Waals surface area (Å²) >= 11 is 0. The quantitative estimate of drug-likeness (QED) is 0.609. The minimum atomic E-state index is -1.17. The maximum Gasteiger partial charge on any atom is 0.326 e. The van der Waals surface area contributed by atoms with E-state index in [4.69, 9.17) is 5.26 Å². The zero-order chi connectivity index (χ0) is 20.4. The molecule has 2 amide bonds. The topological polar surface area (TPSA) is 119 Å². The largest absolute Gasteiger partial charge is 0.480 e. The van der Waals surface area contributed by atoms with Gasteiger partial charge in [-0.05, 0) is 11.1 Å². The molecule has 0 saturated heterocycles. The molecule has 3 N–H and O–H groups in total. The second-order valence-corrected chi connectivity index (χ2v) is 6.23. The molecule has 0 fully saturated rings. The van der Waals surface area contributed by atoms with Gasteiger partial charge in [0, 0.05) is 12.8 Å². The van der Waals surface area contributed by atoms with E-state index in [1.807, 2.05) is 12.1 Å². The van der Waals surface area contributed by atoms with Gasteiger partial charge in [0.05, 0.1) is 6.07 Å². The van der Waals surface area contributed by atoms with E-state index in [2.05, 4.69) is 10.6 Å². The van der Waals surface area contributed by atoms with Crippen LogP contribution in [0.25, 0.3) is 0 Å². The molecule has 2 rings (SSSR count). The summed E-state index contributed by atoms with van der Waals surface area (Å²) in [6, 6.07) is 17.6. The Hall–Kier alpha value is -3.66. The summed E-state index contributed by atoms with van der Waals surface area (Å²) < 4.78 is 0. The highest BCUT2D eigenvalue weighted by atomic mass is 16.4. The van der Waals surface area contributed by atoms with Crippen LogP contribution in [-0.4, -0.2) is 35.0 Å². The Bertz CT molecular complexity index is 847. The van der Waals surface area contributed by atoms with E-state index in [1.54, 1.807) is 54.6 Å². The van der Waals surface area contributed by atoms with Crippen LogP contribution in [0.4, 0.5) is 0 Å². The van der Waals surface area contributed by atoms with Crippen LogP contribution in [0.3, 0.4) is 0 Å². The van der Waals surface area contributed by atoms with Gasteiger partial charge in [0.25, 0.3) is 0 Å². The van der Waals surface area contributed by atoms with Crippen molar-refractivity contribution in [2.24, 2.45) is 0 Å². The van der Waals surface area contributed by atoms with Gasteiger partial charge in [0.15, 0.2) is 0 Å². The molecule has 2 aromatic rings. The monoisotopic (exact) mass is 379 g/mol. The summed E-state index contributed by atoms with van der Waals surface area (Å²) in [5.41, 5.74) is 1.57. The van der Waals surface area contributed by atoms with Crippen molar-refractivity contribution in [3.05, 3.63) is 71.8 Å². The van der Waals surface area contributed by atoms with Gasteiger partial charge in [-0.15, -0.1) is 0 Å². The lowest BCUT2D eigenvalue weighted by Gasteiger charge is -2.21. The van der Waals surface area contributed by atoms with Gasteiger partial charge in [-0.2, -0.15) is 5.26 Å². The number of nitriles is 1. The standard InChI is InChI=1S/C21H21N3O4/c22-12-11-19(25)23-17(13-15-7-3-1-4-8-15)20(26)24-18(21(27)28)14-16-9-5-2-6-10-16/h1-10,17-18H,11,13-14H2,(H,23,25)(H,24,26)(H,27,28)/t17-,18-/m1/s1. The van der Waals surface area contributed by atoms with Crippen molar-refractivity contribution in [2.45, 2.75) is 31.3 Å². The highest BCUT2D eigenvalue weighted by Gasteiger charge is 2.27. The number of benzene rings is 2. The average Bonchev–Trinajstić information content (AvgIpc) is 2.68. The van der Waals surface area contributed by atoms with E-state index in [1.165, 1.54) is 0 Å². The summed E-state index contributed by atoms with van der Waals surface area (Å²) in [5.74, 6) is -2.37. The van der Waals surface area contributed by atoms with Crippen LogP contribution >= 0.6 is 0 Å². The first-order valence-corrected chi connectivity index (χ1v) is 8.77. The van der Waals surface area contributed by atoms with Crippen molar-refractivity contribution >= 4 is 17.8 Å². The summed E-state index contributed by atoms with van der Waals surface area (Å²) in [4.78, 5) is 36.1. The Kier molecular flexibility index (Phi) is 7.73. The number of carbonyl (C=O) groups excluding carboxylic acids is 2. The average molecular weight is 379 g/mol. The van der Waals surface area contributed by atoms with E-state index in [-0.39, 0.29) is 19.3 Å². The first-order valence-electron chi connectivity index (χ1n) is 8.77. The van der Waals surface area contributed by atoms with Gasteiger partial charge in [0.2, 0.25) is 11.8 Å². The Labute approximate surface area is 163 Å². The maximum atomic E-state index is 12.7. The predicted molar refractivity (Wildman–Crippen MR) is 102 cm³/mol. The molecule has 0 aliphatic rings. The zero-order valence-electron chi connectivity index (χ0n) is 15.2. The molecule has 7 nitrogen and oxygen atoms in total. The highest BCUT2D eigenvalue weighted by molar-refractivity contribution is 5.91. The lowest BCUT2D eigenvalue weighted by atomic mass is 10.0. The number of aliphatic carboxylic acids is 1. The lowest BCUT2D eigenvalue weighted by molar-refractivity contribution is -0.142. The Morgan fingerprint density at radius 1 is 0.857 bits per heavy atom. The Morgan fingerprint density at radius 2 is 1.36 bits per heavy atom. The van der Waals surface area contributed by atoms with Crippen molar-refractivity contribution in [3.63, 3.8) is 0 Å². The number of nitrogens with zero attached hydrogens (tertiary/aromatic N) is 1. The van der Waals surface area contributed by atoms with Crippen molar-refractivity contribution in [2.75, 3.05) is 0 Å². The molecule has 7 heteroatoms. The third-order valence-electron chi connectivity index (χ3n) is 4.07. The molecule has 28 heavy (non-hydrogen) atoms. The van der Waals surface area contributed by atoms with E-state index in [0.29, 0.717) is 0 Å². The fourth-order valence-electron chi connectivity index (χ4n) is 2.70. The third-order valence-corrected chi connectivity index (χ3v) is 4.07. The Morgan fingerprint density at radius 3 is 1.82 bits per heavy atom. The first-order chi connectivity index (χ1) is 13.5. The Balaban J connectivity index is 2.13. The van der Waals surface area contributed by atoms with Gasteiger partial charge < -0.3 is 15.7 Å². The zero-order valence-corrected chi connectivity index (χ0v) is 15.2. The minimum absolute atomic E-state index is 0.117. The normalized spacial score (nSPS) is 12.2. The predicted octanol–water partition coefficient (Wildman–Crippen LogP) is 1.44. The van der Waals surface area contributed by atoms with Crippen molar-refractivity contribution in [1.29, 1.82) is 5.26 Å². The van der Waals surface area contributed by atoms with Crippen molar-refractivity contribution in [1.82, 2.24) is 10.6 Å². The lowest BCUT2D eigenvalue weighted by Crippen LogP contribution is -2.53. The molecular weight excluding hydrogens is 358 g/mol. The second-order valence-electron chi connectivity index (χ2n) is 6.23. The fraction of sp³-hybridized carbons (Fsp3) is 0.238. The summed E-state index contributed by atoms with van der Waals surface area (Å²) in [6.07, 6.45) is -0.0847. The number of carboxylic acid groups (broad SMARTS) is 1. The van der Waals surface area contributed by atoms with Crippen LogP contribution in [0.15, 0.2) is 60.7 Å². The van der Waals surface area contributed by atoms with Crippen molar-refractivity contribution < 1.29 is 19.5 Å². The van der Waals surface area contributed by atoms with Crippen LogP contribution in [0.1, 0.15) is 17.5 Å². The molecular formula is C21H21N3O4. The number of nitrogens with one attached hydrogen (secondary N) is 2. The van der Waals surface area contributed by atoms with Gasteiger partial charge in [-0.25, -0.2) is 4.79 Å². The number of hydrogen-bond donors (Lipinski definition) is 3. The third kappa shape index (κ3) is 6.57. The molecule has 0 radical (unpaired) electrons. The SMILES string of the molecule is N#CCC(=O)N[C@H](Cc1ccccc1)C(=O)N[C@H](Cc1ccccc1)C(=O)O. The first kappa shape index (κ1) is 20.6. The molecule has 0 spiro atoms. The molecule has 0 bridgehead atoms. The molecule has 2 aromatic carbocycles. The number of carbonyl (C=O) groups is 3. The van der Waals surface area contributed by atoms with Gasteiger partial charge in [-0.3, -0.25) is 9.59 Å². The summed E-state index contributed by atoms with van der Waals surface area (Å²) in [5, 5.41) is 23.2. The van der Waals surface area contributed by atoms with E-state index in [9.17, 15) is 19.5 Å².